The second kappa shape index (κ2) is 7.68. The third kappa shape index (κ3) is 4.49. The van der Waals surface area contributed by atoms with E-state index in [4.69, 9.17) is 32.5 Å². The van der Waals surface area contributed by atoms with Crippen molar-refractivity contribution in [3.05, 3.63) is 45.3 Å². The van der Waals surface area contributed by atoms with Crippen molar-refractivity contribution >= 4 is 40.8 Å². The lowest BCUT2D eigenvalue weighted by Crippen LogP contribution is -2.30. The molecule has 1 aromatic carbocycles. The van der Waals surface area contributed by atoms with E-state index in [1.54, 1.807) is 26.0 Å². The quantitative estimate of drug-likeness (QED) is 0.811. The second-order valence-corrected chi connectivity index (χ2v) is 6.07. The Balaban J connectivity index is 1.96. The van der Waals surface area contributed by atoms with Gasteiger partial charge in [0.05, 0.1) is 22.8 Å². The monoisotopic (exact) mass is 370 g/mol. The number of benzene rings is 1. The summed E-state index contributed by atoms with van der Waals surface area (Å²) < 4.78 is 10.1. The van der Waals surface area contributed by atoms with Gasteiger partial charge in [-0.2, -0.15) is 0 Å². The van der Waals surface area contributed by atoms with Crippen LogP contribution in [0.5, 0.6) is 0 Å². The second-order valence-electron chi connectivity index (χ2n) is 5.23. The maximum atomic E-state index is 12.1. The van der Waals surface area contributed by atoms with Crippen LogP contribution in [0, 0.1) is 13.8 Å². The van der Waals surface area contributed by atoms with Gasteiger partial charge in [0.15, 0.2) is 6.10 Å². The standard InChI is InChI=1S/C16H16Cl2N2O4/c1-8-12(9(2)24-20-8)7-15(21)23-10(3)16(22)19-14-6-11(17)4-5-13(14)18/h4-6,10H,7H2,1-3H3,(H,19,22). The molecular weight excluding hydrogens is 355 g/mol. The predicted octanol–water partition coefficient (Wildman–Crippen LogP) is 3.71. The van der Waals surface area contributed by atoms with Gasteiger partial charge < -0.3 is 14.6 Å². The summed E-state index contributed by atoms with van der Waals surface area (Å²) in [5, 5.41) is 7.11. The minimum absolute atomic E-state index is 0.0172. The van der Waals surface area contributed by atoms with Crippen molar-refractivity contribution in [2.75, 3.05) is 5.32 Å². The minimum Gasteiger partial charge on any atom is -0.452 e. The molecule has 1 amide bonds. The summed E-state index contributed by atoms with van der Waals surface area (Å²) in [7, 11) is 0. The highest BCUT2D eigenvalue weighted by molar-refractivity contribution is 6.35. The lowest BCUT2D eigenvalue weighted by atomic mass is 10.1. The van der Waals surface area contributed by atoms with Crippen molar-refractivity contribution in [1.82, 2.24) is 5.16 Å². The number of halogens is 2. The Morgan fingerprint density at radius 1 is 1.33 bits per heavy atom. The van der Waals surface area contributed by atoms with Crippen LogP contribution in [0.1, 0.15) is 23.9 Å². The summed E-state index contributed by atoms with van der Waals surface area (Å²) in [4.78, 5) is 24.1. The molecular formula is C16H16Cl2N2O4. The maximum Gasteiger partial charge on any atom is 0.311 e. The zero-order valence-corrected chi connectivity index (χ0v) is 14.9. The Kier molecular flexibility index (Phi) is 5.85. The maximum absolute atomic E-state index is 12.1. The van der Waals surface area contributed by atoms with E-state index in [-0.39, 0.29) is 6.42 Å². The van der Waals surface area contributed by atoms with Gasteiger partial charge in [-0.3, -0.25) is 9.59 Å². The van der Waals surface area contributed by atoms with E-state index in [0.29, 0.717) is 32.8 Å². The molecule has 24 heavy (non-hydrogen) atoms. The zero-order chi connectivity index (χ0) is 17.9. The highest BCUT2D eigenvalue weighted by atomic mass is 35.5. The fourth-order valence-electron chi connectivity index (χ4n) is 2.02. The number of nitrogens with one attached hydrogen (secondary N) is 1. The van der Waals surface area contributed by atoms with Crippen molar-refractivity contribution in [2.45, 2.75) is 33.3 Å². The summed E-state index contributed by atoms with van der Waals surface area (Å²) in [5.41, 5.74) is 1.63. The number of rotatable bonds is 5. The van der Waals surface area contributed by atoms with Gasteiger partial charge in [-0.05, 0) is 39.0 Å². The Morgan fingerprint density at radius 3 is 2.67 bits per heavy atom. The van der Waals surface area contributed by atoms with E-state index in [0.717, 1.165) is 0 Å². The van der Waals surface area contributed by atoms with Crippen LogP contribution in [0.2, 0.25) is 10.0 Å². The molecule has 0 saturated heterocycles. The summed E-state index contributed by atoms with van der Waals surface area (Å²) in [6.07, 6.45) is -1.01. The molecule has 6 nitrogen and oxygen atoms in total. The van der Waals surface area contributed by atoms with Gasteiger partial charge in [-0.1, -0.05) is 28.4 Å². The number of anilines is 1. The number of nitrogens with zero attached hydrogens (tertiary/aromatic N) is 1. The molecule has 128 valence electrons. The molecule has 0 saturated carbocycles. The number of ether oxygens (including phenoxy) is 1. The van der Waals surface area contributed by atoms with Gasteiger partial charge in [0.1, 0.15) is 5.76 Å². The van der Waals surface area contributed by atoms with E-state index in [1.165, 1.54) is 13.0 Å². The molecule has 1 N–H and O–H groups in total. The van der Waals surface area contributed by atoms with E-state index in [9.17, 15) is 9.59 Å². The van der Waals surface area contributed by atoms with Gasteiger partial charge in [0.2, 0.25) is 0 Å². The van der Waals surface area contributed by atoms with E-state index < -0.39 is 18.0 Å². The molecule has 0 aliphatic carbocycles. The van der Waals surface area contributed by atoms with E-state index in [1.807, 2.05) is 0 Å². The van der Waals surface area contributed by atoms with Crippen LogP contribution in [-0.4, -0.2) is 23.1 Å². The topological polar surface area (TPSA) is 81.4 Å². The summed E-state index contributed by atoms with van der Waals surface area (Å²) in [6.45, 7) is 4.91. The Bertz CT molecular complexity index is 754. The fraction of sp³-hybridized carbons (Fsp3) is 0.312. The van der Waals surface area contributed by atoms with Gasteiger partial charge in [0, 0.05) is 10.6 Å². The zero-order valence-electron chi connectivity index (χ0n) is 13.4. The lowest BCUT2D eigenvalue weighted by Gasteiger charge is -2.14. The van der Waals surface area contributed by atoms with Crippen molar-refractivity contribution in [3.8, 4) is 0 Å². The SMILES string of the molecule is Cc1noc(C)c1CC(=O)OC(C)C(=O)Nc1cc(Cl)ccc1Cl. The van der Waals surface area contributed by atoms with Crippen LogP contribution in [0.4, 0.5) is 5.69 Å². The molecule has 2 rings (SSSR count). The largest absolute Gasteiger partial charge is 0.452 e. The Morgan fingerprint density at radius 2 is 2.04 bits per heavy atom. The highest BCUT2D eigenvalue weighted by Gasteiger charge is 2.21. The number of carbonyl (C=O) groups is 2. The number of carbonyl (C=O) groups excluding carboxylic acids is 2. The van der Waals surface area contributed by atoms with Gasteiger partial charge in [0.25, 0.3) is 5.91 Å². The minimum atomic E-state index is -0.993. The van der Waals surface area contributed by atoms with Crippen LogP contribution in [0.25, 0.3) is 0 Å². The van der Waals surface area contributed by atoms with Gasteiger partial charge in [-0.15, -0.1) is 0 Å². The molecule has 0 spiro atoms. The fourth-order valence-corrected chi connectivity index (χ4v) is 2.36. The molecule has 2 aromatic rings. The van der Waals surface area contributed by atoms with Crippen LogP contribution >= 0.6 is 23.2 Å². The molecule has 0 aliphatic heterocycles. The molecule has 1 heterocycles. The molecule has 1 atom stereocenters. The molecule has 0 aliphatic rings. The number of aromatic nitrogens is 1. The average molecular weight is 371 g/mol. The predicted molar refractivity (Wildman–Crippen MR) is 90.3 cm³/mol. The first-order valence-electron chi connectivity index (χ1n) is 7.15. The van der Waals surface area contributed by atoms with Crippen molar-refractivity contribution in [3.63, 3.8) is 0 Å². The Hall–Kier alpha value is -2.05. The third-order valence-corrected chi connectivity index (χ3v) is 3.93. The van der Waals surface area contributed by atoms with Crippen LogP contribution in [-0.2, 0) is 20.7 Å². The van der Waals surface area contributed by atoms with Crippen molar-refractivity contribution in [2.24, 2.45) is 0 Å². The van der Waals surface area contributed by atoms with Crippen LogP contribution < -0.4 is 5.32 Å². The summed E-state index contributed by atoms with van der Waals surface area (Å²) in [5.74, 6) is -0.511. The van der Waals surface area contributed by atoms with Crippen LogP contribution in [0.3, 0.4) is 0 Å². The number of aryl methyl sites for hydroxylation is 2. The van der Waals surface area contributed by atoms with Crippen molar-refractivity contribution in [1.29, 1.82) is 0 Å². The molecule has 0 radical (unpaired) electrons. The van der Waals surface area contributed by atoms with E-state index >= 15 is 0 Å². The molecule has 1 unspecified atom stereocenters. The van der Waals surface area contributed by atoms with E-state index in [2.05, 4.69) is 10.5 Å². The first kappa shape index (κ1) is 18.3. The molecule has 1 aromatic heterocycles. The average Bonchev–Trinajstić information content (AvgIpc) is 2.82. The first-order valence-corrected chi connectivity index (χ1v) is 7.90. The number of amides is 1. The smallest absolute Gasteiger partial charge is 0.311 e. The normalized spacial score (nSPS) is 11.9. The summed E-state index contributed by atoms with van der Waals surface area (Å²) >= 11 is 11.8. The first-order chi connectivity index (χ1) is 11.3. The highest BCUT2D eigenvalue weighted by Crippen LogP contribution is 2.25. The molecule has 0 fully saturated rings. The number of hydrogen-bond donors (Lipinski definition) is 1. The van der Waals surface area contributed by atoms with Gasteiger partial charge in [-0.25, -0.2) is 0 Å². The number of esters is 1. The van der Waals surface area contributed by atoms with Gasteiger partial charge >= 0.3 is 5.97 Å². The molecule has 0 bridgehead atoms. The summed E-state index contributed by atoms with van der Waals surface area (Å²) in [6, 6.07) is 4.68. The Labute approximate surface area is 149 Å². The van der Waals surface area contributed by atoms with Crippen LogP contribution in [0.15, 0.2) is 22.7 Å². The number of hydrogen-bond acceptors (Lipinski definition) is 5. The third-order valence-electron chi connectivity index (χ3n) is 3.37. The van der Waals surface area contributed by atoms with Crippen molar-refractivity contribution < 1.29 is 18.8 Å². The lowest BCUT2D eigenvalue weighted by molar-refractivity contribution is -0.152. The molecule has 8 heteroatoms.